The summed E-state index contributed by atoms with van der Waals surface area (Å²) in [6.07, 6.45) is 3.58. The molecule has 130 valence electrons. The SMILES string of the molecule is CCNC(=NCCc1ccccn1)NCCc1csc(C(C)C)n1. The highest BCUT2D eigenvalue weighted by atomic mass is 32.1. The molecule has 2 heterocycles. The Morgan fingerprint density at radius 1 is 1.21 bits per heavy atom. The molecule has 2 aromatic rings. The van der Waals surface area contributed by atoms with E-state index in [0.29, 0.717) is 5.92 Å². The van der Waals surface area contributed by atoms with E-state index < -0.39 is 0 Å². The minimum Gasteiger partial charge on any atom is -0.357 e. The minimum atomic E-state index is 0.502. The molecule has 0 saturated heterocycles. The van der Waals surface area contributed by atoms with Crippen LogP contribution in [0.3, 0.4) is 0 Å². The highest BCUT2D eigenvalue weighted by Crippen LogP contribution is 2.19. The van der Waals surface area contributed by atoms with Crippen molar-refractivity contribution in [1.29, 1.82) is 0 Å². The fraction of sp³-hybridized carbons (Fsp3) is 0.500. The number of hydrogen-bond acceptors (Lipinski definition) is 4. The van der Waals surface area contributed by atoms with Gasteiger partial charge in [0.1, 0.15) is 0 Å². The van der Waals surface area contributed by atoms with Gasteiger partial charge in [-0.15, -0.1) is 11.3 Å². The Bertz CT molecular complexity index is 621. The van der Waals surface area contributed by atoms with Crippen LogP contribution in [0.1, 0.15) is 43.1 Å². The van der Waals surface area contributed by atoms with Crippen LogP contribution in [0, 0.1) is 0 Å². The lowest BCUT2D eigenvalue weighted by molar-refractivity contribution is 0.777. The summed E-state index contributed by atoms with van der Waals surface area (Å²) in [4.78, 5) is 13.6. The third-order valence-electron chi connectivity index (χ3n) is 3.45. The normalized spacial score (nSPS) is 11.8. The van der Waals surface area contributed by atoms with Crippen LogP contribution in [-0.4, -0.2) is 35.6 Å². The van der Waals surface area contributed by atoms with Crippen molar-refractivity contribution in [2.75, 3.05) is 19.6 Å². The van der Waals surface area contributed by atoms with E-state index in [1.807, 2.05) is 24.4 Å². The Kier molecular flexibility index (Phi) is 7.68. The standard InChI is InChI=1S/C18H27N5S/c1-4-19-18(21-11-8-15-7-5-6-10-20-15)22-12-9-16-13-24-17(23-16)14(2)3/h5-7,10,13-14H,4,8-9,11-12H2,1-3H3,(H2,19,21,22). The lowest BCUT2D eigenvalue weighted by Gasteiger charge is -2.10. The summed E-state index contributed by atoms with van der Waals surface area (Å²) in [5.74, 6) is 1.36. The molecule has 2 aromatic heterocycles. The van der Waals surface area contributed by atoms with Gasteiger partial charge in [0.2, 0.25) is 0 Å². The molecule has 0 amide bonds. The maximum Gasteiger partial charge on any atom is 0.191 e. The number of guanidine groups is 1. The zero-order valence-electron chi connectivity index (χ0n) is 14.7. The molecule has 2 rings (SSSR count). The predicted octanol–water partition coefficient (Wildman–Crippen LogP) is 3.00. The Labute approximate surface area is 148 Å². The summed E-state index contributed by atoms with van der Waals surface area (Å²) in [6.45, 7) is 8.84. The monoisotopic (exact) mass is 345 g/mol. The molecule has 0 fully saturated rings. The van der Waals surface area contributed by atoms with Crippen LogP contribution >= 0.6 is 11.3 Å². The molecule has 0 spiro atoms. The molecule has 24 heavy (non-hydrogen) atoms. The number of aromatic nitrogens is 2. The maximum atomic E-state index is 4.66. The fourth-order valence-electron chi connectivity index (χ4n) is 2.18. The highest BCUT2D eigenvalue weighted by Gasteiger charge is 2.06. The van der Waals surface area contributed by atoms with Crippen LogP contribution < -0.4 is 10.6 Å². The molecule has 0 radical (unpaired) electrons. The van der Waals surface area contributed by atoms with Crippen molar-refractivity contribution < 1.29 is 0 Å². The third-order valence-corrected chi connectivity index (χ3v) is 4.64. The van der Waals surface area contributed by atoms with Gasteiger partial charge in [0, 0.05) is 55.7 Å². The van der Waals surface area contributed by atoms with Gasteiger partial charge in [0.25, 0.3) is 0 Å². The Hall–Kier alpha value is -1.95. The zero-order chi connectivity index (χ0) is 17.2. The van der Waals surface area contributed by atoms with Gasteiger partial charge in [-0.1, -0.05) is 19.9 Å². The summed E-state index contributed by atoms with van der Waals surface area (Å²) in [5, 5.41) is 10.0. The van der Waals surface area contributed by atoms with Crippen molar-refractivity contribution >= 4 is 17.3 Å². The lowest BCUT2D eigenvalue weighted by Crippen LogP contribution is -2.38. The van der Waals surface area contributed by atoms with E-state index in [0.717, 1.165) is 49.8 Å². The summed E-state index contributed by atoms with van der Waals surface area (Å²) < 4.78 is 0. The van der Waals surface area contributed by atoms with Gasteiger partial charge in [-0.05, 0) is 19.1 Å². The van der Waals surface area contributed by atoms with Gasteiger partial charge < -0.3 is 10.6 Å². The van der Waals surface area contributed by atoms with Crippen molar-refractivity contribution in [2.24, 2.45) is 4.99 Å². The molecule has 0 saturated carbocycles. The summed E-state index contributed by atoms with van der Waals surface area (Å²) in [7, 11) is 0. The predicted molar refractivity (Wildman–Crippen MR) is 102 cm³/mol. The van der Waals surface area contributed by atoms with Gasteiger partial charge in [-0.2, -0.15) is 0 Å². The molecule has 0 aliphatic carbocycles. The number of nitrogens with one attached hydrogen (secondary N) is 2. The summed E-state index contributed by atoms with van der Waals surface area (Å²) in [5.41, 5.74) is 2.22. The molecule has 0 aliphatic heterocycles. The first kappa shape index (κ1) is 18.4. The largest absolute Gasteiger partial charge is 0.357 e. The number of aliphatic imine (C=N–C) groups is 1. The fourth-order valence-corrected chi connectivity index (χ4v) is 3.05. The van der Waals surface area contributed by atoms with E-state index >= 15 is 0 Å². The van der Waals surface area contributed by atoms with Gasteiger partial charge in [0.15, 0.2) is 5.96 Å². The number of hydrogen-bond donors (Lipinski definition) is 2. The molecule has 5 nitrogen and oxygen atoms in total. The number of rotatable bonds is 8. The molecular formula is C18H27N5S. The van der Waals surface area contributed by atoms with Crippen LogP contribution in [0.5, 0.6) is 0 Å². The van der Waals surface area contributed by atoms with Crippen LogP contribution in [0.4, 0.5) is 0 Å². The molecule has 0 atom stereocenters. The van der Waals surface area contributed by atoms with Gasteiger partial charge in [-0.3, -0.25) is 9.98 Å². The van der Waals surface area contributed by atoms with E-state index in [9.17, 15) is 0 Å². The van der Waals surface area contributed by atoms with Gasteiger partial charge in [-0.25, -0.2) is 4.98 Å². The smallest absolute Gasteiger partial charge is 0.191 e. The quantitative estimate of drug-likeness (QED) is 0.570. The molecular weight excluding hydrogens is 318 g/mol. The lowest BCUT2D eigenvalue weighted by atomic mass is 10.2. The van der Waals surface area contributed by atoms with E-state index in [2.05, 4.69) is 51.7 Å². The molecule has 0 unspecified atom stereocenters. The Balaban J connectivity index is 1.78. The second kappa shape index (κ2) is 10.0. The van der Waals surface area contributed by atoms with Crippen LogP contribution in [-0.2, 0) is 12.8 Å². The second-order valence-corrected chi connectivity index (χ2v) is 6.73. The van der Waals surface area contributed by atoms with Crippen molar-refractivity contribution in [1.82, 2.24) is 20.6 Å². The molecule has 0 aliphatic rings. The highest BCUT2D eigenvalue weighted by molar-refractivity contribution is 7.09. The number of pyridine rings is 1. The molecule has 0 aromatic carbocycles. The maximum absolute atomic E-state index is 4.66. The van der Waals surface area contributed by atoms with E-state index in [1.54, 1.807) is 11.3 Å². The summed E-state index contributed by atoms with van der Waals surface area (Å²) >= 11 is 1.75. The average molecular weight is 346 g/mol. The zero-order valence-corrected chi connectivity index (χ0v) is 15.6. The Morgan fingerprint density at radius 2 is 2.08 bits per heavy atom. The van der Waals surface area contributed by atoms with E-state index in [4.69, 9.17) is 0 Å². The van der Waals surface area contributed by atoms with Crippen molar-refractivity contribution in [3.05, 3.63) is 46.2 Å². The first-order chi connectivity index (χ1) is 11.7. The van der Waals surface area contributed by atoms with Gasteiger partial charge in [0.05, 0.1) is 10.7 Å². The average Bonchev–Trinajstić information content (AvgIpc) is 3.05. The Morgan fingerprint density at radius 3 is 2.75 bits per heavy atom. The first-order valence-electron chi connectivity index (χ1n) is 8.55. The minimum absolute atomic E-state index is 0.502. The van der Waals surface area contributed by atoms with Crippen LogP contribution in [0.15, 0.2) is 34.8 Å². The topological polar surface area (TPSA) is 62.2 Å². The van der Waals surface area contributed by atoms with E-state index in [1.165, 1.54) is 5.01 Å². The first-order valence-corrected chi connectivity index (χ1v) is 9.43. The van der Waals surface area contributed by atoms with Crippen molar-refractivity contribution in [2.45, 2.75) is 39.5 Å². The third kappa shape index (κ3) is 6.28. The molecule has 0 bridgehead atoms. The number of thiazole rings is 1. The molecule has 6 heteroatoms. The number of nitrogens with zero attached hydrogens (tertiary/aromatic N) is 3. The van der Waals surface area contributed by atoms with Gasteiger partial charge >= 0.3 is 0 Å². The van der Waals surface area contributed by atoms with Crippen LogP contribution in [0.25, 0.3) is 0 Å². The van der Waals surface area contributed by atoms with Crippen molar-refractivity contribution in [3.8, 4) is 0 Å². The van der Waals surface area contributed by atoms with E-state index in [-0.39, 0.29) is 0 Å². The molecule has 2 N–H and O–H groups in total. The van der Waals surface area contributed by atoms with Crippen molar-refractivity contribution in [3.63, 3.8) is 0 Å². The van der Waals surface area contributed by atoms with Crippen LogP contribution in [0.2, 0.25) is 0 Å². The second-order valence-electron chi connectivity index (χ2n) is 5.84. The summed E-state index contributed by atoms with van der Waals surface area (Å²) in [6, 6.07) is 5.97.